The molecule has 9 heteroatoms. The van der Waals surface area contributed by atoms with Gasteiger partial charge in [-0.15, -0.1) is 0 Å². The second kappa shape index (κ2) is 8.76. The molecule has 0 radical (unpaired) electrons. The van der Waals surface area contributed by atoms with Gasteiger partial charge in [0.15, 0.2) is 5.96 Å². The van der Waals surface area contributed by atoms with Crippen LogP contribution in [0.15, 0.2) is 23.5 Å². The molecule has 0 aliphatic heterocycles. The molecule has 25 heavy (non-hydrogen) atoms. The van der Waals surface area contributed by atoms with Crippen LogP contribution in [-0.4, -0.2) is 49.1 Å². The number of aromatic nitrogens is 3. The second-order valence-electron chi connectivity index (χ2n) is 5.09. The Morgan fingerprint density at radius 2 is 1.72 bits per heavy atom. The summed E-state index contributed by atoms with van der Waals surface area (Å²) in [6, 6.07) is 3.63. The minimum atomic E-state index is 0.467. The lowest BCUT2D eigenvalue weighted by Crippen LogP contribution is -2.37. The van der Waals surface area contributed by atoms with Gasteiger partial charge in [-0.25, -0.2) is 4.98 Å². The van der Waals surface area contributed by atoms with Gasteiger partial charge in [-0.1, -0.05) is 0 Å². The Labute approximate surface area is 147 Å². The summed E-state index contributed by atoms with van der Waals surface area (Å²) in [5.74, 6) is 3.45. The lowest BCUT2D eigenvalue weighted by atomic mass is 10.1. The van der Waals surface area contributed by atoms with Crippen LogP contribution in [0.1, 0.15) is 11.4 Å². The SMILES string of the molecule is CN=C(NCc1c(OC)cc(OC)cc1OC)NCc1ncnn1C. The fourth-order valence-corrected chi connectivity index (χ4v) is 2.29. The van der Waals surface area contributed by atoms with Crippen LogP contribution in [0.5, 0.6) is 17.2 Å². The Bertz CT molecular complexity index is 703. The molecule has 2 aromatic rings. The van der Waals surface area contributed by atoms with Crippen LogP contribution in [0.3, 0.4) is 0 Å². The number of nitrogens with zero attached hydrogens (tertiary/aromatic N) is 4. The topological polar surface area (TPSA) is 94.8 Å². The maximum Gasteiger partial charge on any atom is 0.191 e. The molecule has 0 bridgehead atoms. The van der Waals surface area contributed by atoms with E-state index in [4.69, 9.17) is 14.2 Å². The van der Waals surface area contributed by atoms with E-state index in [-0.39, 0.29) is 0 Å². The van der Waals surface area contributed by atoms with E-state index in [0.29, 0.717) is 36.3 Å². The lowest BCUT2D eigenvalue weighted by Gasteiger charge is -2.17. The fourth-order valence-electron chi connectivity index (χ4n) is 2.29. The van der Waals surface area contributed by atoms with Gasteiger partial charge in [-0.2, -0.15) is 5.10 Å². The standard InChI is InChI=1S/C16H24N6O3/c1-17-16(19-9-15-20-10-21-22(15)2)18-8-12-13(24-4)6-11(23-3)7-14(12)25-5/h6-7,10H,8-9H2,1-5H3,(H2,17,18,19). The number of benzene rings is 1. The van der Waals surface area contributed by atoms with Crippen LogP contribution in [-0.2, 0) is 20.1 Å². The fraction of sp³-hybridized carbons (Fsp3) is 0.438. The van der Waals surface area contributed by atoms with Crippen molar-refractivity contribution in [1.29, 1.82) is 0 Å². The molecule has 1 heterocycles. The number of rotatable bonds is 7. The molecular formula is C16H24N6O3. The van der Waals surface area contributed by atoms with Gasteiger partial charge in [-0.3, -0.25) is 9.67 Å². The zero-order valence-corrected chi connectivity index (χ0v) is 15.2. The van der Waals surface area contributed by atoms with Gasteiger partial charge < -0.3 is 24.8 Å². The van der Waals surface area contributed by atoms with Crippen molar-refractivity contribution in [2.75, 3.05) is 28.4 Å². The van der Waals surface area contributed by atoms with Crippen LogP contribution in [0, 0.1) is 0 Å². The van der Waals surface area contributed by atoms with Gasteiger partial charge in [-0.05, 0) is 0 Å². The molecule has 0 aliphatic carbocycles. The number of aryl methyl sites for hydroxylation is 1. The minimum Gasteiger partial charge on any atom is -0.496 e. The summed E-state index contributed by atoms with van der Waals surface area (Å²) in [7, 11) is 8.36. The van der Waals surface area contributed by atoms with Gasteiger partial charge in [0.25, 0.3) is 0 Å². The molecular weight excluding hydrogens is 324 g/mol. The van der Waals surface area contributed by atoms with Gasteiger partial charge in [0, 0.05) is 26.2 Å². The van der Waals surface area contributed by atoms with E-state index in [1.54, 1.807) is 33.1 Å². The zero-order chi connectivity index (χ0) is 18.2. The third-order valence-corrected chi connectivity index (χ3v) is 3.69. The van der Waals surface area contributed by atoms with Gasteiger partial charge in [0.05, 0.1) is 40.0 Å². The number of guanidine groups is 1. The van der Waals surface area contributed by atoms with Gasteiger partial charge in [0.2, 0.25) is 0 Å². The molecule has 2 N–H and O–H groups in total. The lowest BCUT2D eigenvalue weighted by molar-refractivity contribution is 0.368. The van der Waals surface area contributed by atoms with Crippen LogP contribution in [0.4, 0.5) is 0 Å². The van der Waals surface area contributed by atoms with Gasteiger partial charge >= 0.3 is 0 Å². The molecule has 0 fully saturated rings. The van der Waals surface area contributed by atoms with Crippen molar-refractivity contribution >= 4 is 5.96 Å². The van der Waals surface area contributed by atoms with Crippen molar-refractivity contribution in [3.05, 3.63) is 29.8 Å². The van der Waals surface area contributed by atoms with Crippen molar-refractivity contribution in [2.45, 2.75) is 13.1 Å². The van der Waals surface area contributed by atoms with Crippen LogP contribution >= 0.6 is 0 Å². The quantitative estimate of drug-likeness (QED) is 0.562. The number of hydrogen-bond acceptors (Lipinski definition) is 6. The first-order chi connectivity index (χ1) is 12.1. The summed E-state index contributed by atoms with van der Waals surface area (Å²) in [6.07, 6.45) is 1.51. The first-order valence-corrected chi connectivity index (χ1v) is 7.69. The molecule has 2 rings (SSSR count). The molecule has 0 saturated heterocycles. The van der Waals surface area contributed by atoms with Crippen molar-refractivity contribution in [2.24, 2.45) is 12.0 Å². The highest BCUT2D eigenvalue weighted by atomic mass is 16.5. The summed E-state index contributed by atoms with van der Waals surface area (Å²) < 4.78 is 17.9. The monoisotopic (exact) mass is 348 g/mol. The Morgan fingerprint density at radius 3 is 2.20 bits per heavy atom. The van der Waals surface area contributed by atoms with Crippen molar-refractivity contribution < 1.29 is 14.2 Å². The number of nitrogens with one attached hydrogen (secondary N) is 2. The van der Waals surface area contributed by atoms with E-state index >= 15 is 0 Å². The van der Waals surface area contributed by atoms with E-state index < -0.39 is 0 Å². The molecule has 0 amide bonds. The summed E-state index contributed by atoms with van der Waals surface area (Å²) in [5, 5.41) is 10.5. The van der Waals surface area contributed by atoms with E-state index in [9.17, 15) is 0 Å². The Morgan fingerprint density at radius 1 is 1.08 bits per heavy atom. The molecule has 1 aromatic carbocycles. The Hall–Kier alpha value is -2.97. The molecule has 9 nitrogen and oxygen atoms in total. The van der Waals surface area contributed by atoms with E-state index in [1.807, 2.05) is 19.2 Å². The number of aliphatic imine (C=N–C) groups is 1. The average Bonchev–Trinajstić information content (AvgIpc) is 3.06. The number of ether oxygens (including phenoxy) is 3. The van der Waals surface area contributed by atoms with E-state index in [2.05, 4.69) is 25.7 Å². The summed E-state index contributed by atoms with van der Waals surface area (Å²) in [5.41, 5.74) is 0.868. The number of methoxy groups -OCH3 is 3. The third kappa shape index (κ3) is 4.52. The maximum absolute atomic E-state index is 5.45. The summed E-state index contributed by atoms with van der Waals surface area (Å²) >= 11 is 0. The van der Waals surface area contributed by atoms with Crippen LogP contribution in [0.25, 0.3) is 0 Å². The molecule has 136 valence electrons. The highest BCUT2D eigenvalue weighted by Gasteiger charge is 2.14. The normalized spacial score (nSPS) is 11.2. The molecule has 0 saturated carbocycles. The smallest absolute Gasteiger partial charge is 0.191 e. The summed E-state index contributed by atoms with van der Waals surface area (Å²) in [4.78, 5) is 8.37. The largest absolute Gasteiger partial charge is 0.496 e. The van der Waals surface area contributed by atoms with Crippen LogP contribution < -0.4 is 24.8 Å². The predicted octanol–water partition coefficient (Wildman–Crippen LogP) is 0.706. The molecule has 1 aromatic heterocycles. The third-order valence-electron chi connectivity index (χ3n) is 3.69. The van der Waals surface area contributed by atoms with Crippen LogP contribution in [0.2, 0.25) is 0 Å². The minimum absolute atomic E-state index is 0.467. The molecule has 0 spiro atoms. The first kappa shape index (κ1) is 18.4. The highest BCUT2D eigenvalue weighted by Crippen LogP contribution is 2.33. The van der Waals surface area contributed by atoms with E-state index in [0.717, 1.165) is 11.4 Å². The average molecular weight is 348 g/mol. The molecule has 0 aliphatic rings. The molecule has 0 atom stereocenters. The highest BCUT2D eigenvalue weighted by molar-refractivity contribution is 5.79. The van der Waals surface area contributed by atoms with Gasteiger partial charge in [0.1, 0.15) is 29.4 Å². The Kier molecular flexibility index (Phi) is 6.44. The predicted molar refractivity (Wildman–Crippen MR) is 94.1 cm³/mol. The van der Waals surface area contributed by atoms with Crippen molar-refractivity contribution in [3.63, 3.8) is 0 Å². The van der Waals surface area contributed by atoms with E-state index in [1.165, 1.54) is 6.33 Å². The Balaban J connectivity index is 2.06. The molecule has 0 unspecified atom stereocenters. The van der Waals surface area contributed by atoms with Crippen molar-refractivity contribution in [1.82, 2.24) is 25.4 Å². The maximum atomic E-state index is 5.45. The summed E-state index contributed by atoms with van der Waals surface area (Å²) in [6.45, 7) is 0.974. The number of hydrogen-bond donors (Lipinski definition) is 2. The second-order valence-corrected chi connectivity index (χ2v) is 5.09. The zero-order valence-electron chi connectivity index (χ0n) is 15.2. The first-order valence-electron chi connectivity index (χ1n) is 7.69. The van der Waals surface area contributed by atoms with Crippen molar-refractivity contribution in [3.8, 4) is 17.2 Å².